The molecule has 1 aromatic heterocycles. The lowest BCUT2D eigenvalue weighted by Crippen LogP contribution is -2.38. The zero-order valence-electron chi connectivity index (χ0n) is 13.0. The van der Waals surface area contributed by atoms with Crippen molar-refractivity contribution in [3.8, 4) is 0 Å². The highest BCUT2D eigenvalue weighted by molar-refractivity contribution is 7.91. The Morgan fingerprint density at radius 1 is 1.24 bits per heavy atom. The van der Waals surface area contributed by atoms with E-state index < -0.39 is 9.84 Å². The highest BCUT2D eigenvalue weighted by Crippen LogP contribution is 2.23. The van der Waals surface area contributed by atoms with Crippen LogP contribution in [-0.4, -0.2) is 25.2 Å². The van der Waals surface area contributed by atoms with E-state index in [1.165, 1.54) is 6.26 Å². The van der Waals surface area contributed by atoms with E-state index in [1.54, 1.807) is 12.1 Å². The number of hydrogen-bond acceptors (Lipinski definition) is 4. The lowest BCUT2D eigenvalue weighted by atomic mass is 10.0. The molecule has 1 aromatic carbocycles. The molecule has 1 heterocycles. The van der Waals surface area contributed by atoms with Crippen molar-refractivity contribution >= 4 is 20.7 Å². The van der Waals surface area contributed by atoms with Crippen LogP contribution in [0.15, 0.2) is 35.2 Å². The van der Waals surface area contributed by atoms with Crippen molar-refractivity contribution in [1.29, 1.82) is 0 Å². The van der Waals surface area contributed by atoms with E-state index in [0.29, 0.717) is 22.3 Å². The fourth-order valence-corrected chi connectivity index (χ4v) is 2.97. The van der Waals surface area contributed by atoms with Gasteiger partial charge in [0, 0.05) is 23.7 Å². The number of rotatable bonds is 5. The molecule has 0 radical (unpaired) electrons. The van der Waals surface area contributed by atoms with Gasteiger partial charge in [0.2, 0.25) is 0 Å². The van der Waals surface area contributed by atoms with Crippen LogP contribution in [-0.2, 0) is 16.4 Å². The Kier molecular flexibility index (Phi) is 4.35. The lowest BCUT2D eigenvalue weighted by molar-refractivity contribution is 0.372. The molecule has 0 atom stereocenters. The number of nitrogens with zero attached hydrogens (tertiary/aromatic N) is 1. The summed E-state index contributed by atoms with van der Waals surface area (Å²) < 4.78 is 24.0. The zero-order valence-corrected chi connectivity index (χ0v) is 13.8. The van der Waals surface area contributed by atoms with Crippen LogP contribution in [0.5, 0.6) is 0 Å². The summed E-state index contributed by atoms with van der Waals surface area (Å²) in [4.78, 5) is 4.91. The van der Waals surface area contributed by atoms with Gasteiger partial charge in [-0.1, -0.05) is 25.1 Å². The maximum absolute atomic E-state index is 12.0. The Morgan fingerprint density at radius 3 is 2.52 bits per heavy atom. The first-order valence-corrected chi connectivity index (χ1v) is 8.96. The van der Waals surface area contributed by atoms with Crippen molar-refractivity contribution in [2.45, 2.75) is 44.2 Å². The Hall–Kier alpha value is -1.46. The Bertz CT molecular complexity index is 752. The topological polar surface area (TPSA) is 59.1 Å². The highest BCUT2D eigenvalue weighted by Gasteiger charge is 2.17. The molecule has 0 aliphatic carbocycles. The van der Waals surface area contributed by atoms with Crippen LogP contribution in [0, 0.1) is 0 Å². The van der Waals surface area contributed by atoms with Crippen molar-refractivity contribution in [2.24, 2.45) is 0 Å². The largest absolute Gasteiger partial charge is 0.306 e. The van der Waals surface area contributed by atoms with Crippen molar-refractivity contribution in [2.75, 3.05) is 6.26 Å². The number of benzene rings is 1. The van der Waals surface area contributed by atoms with Crippen molar-refractivity contribution in [1.82, 2.24) is 10.3 Å². The first-order valence-electron chi connectivity index (χ1n) is 7.07. The summed E-state index contributed by atoms with van der Waals surface area (Å²) in [7, 11) is -3.28. The lowest BCUT2D eigenvalue weighted by Gasteiger charge is -2.24. The van der Waals surface area contributed by atoms with E-state index in [1.807, 2.05) is 18.2 Å². The molecule has 0 amide bonds. The molecule has 2 aromatic rings. The first kappa shape index (κ1) is 15.9. The molecule has 4 nitrogen and oxygen atoms in total. The molecule has 0 saturated heterocycles. The van der Waals surface area contributed by atoms with Crippen LogP contribution in [0.2, 0.25) is 0 Å². The highest BCUT2D eigenvalue weighted by atomic mass is 32.2. The van der Waals surface area contributed by atoms with E-state index >= 15 is 0 Å². The monoisotopic (exact) mass is 306 g/mol. The summed E-state index contributed by atoms with van der Waals surface area (Å²) in [6.07, 6.45) is 2.22. The van der Waals surface area contributed by atoms with Gasteiger partial charge in [0.1, 0.15) is 0 Å². The Morgan fingerprint density at radius 2 is 1.90 bits per heavy atom. The molecule has 0 fully saturated rings. The minimum absolute atomic E-state index is 0.00141. The number of fused-ring (bicyclic) bond motifs is 1. The first-order chi connectivity index (χ1) is 9.73. The van der Waals surface area contributed by atoms with Crippen LogP contribution < -0.4 is 5.32 Å². The minimum Gasteiger partial charge on any atom is -0.306 e. The van der Waals surface area contributed by atoms with Gasteiger partial charge in [0.05, 0.1) is 16.1 Å². The predicted octanol–water partition coefficient (Wildman–Crippen LogP) is 2.92. The summed E-state index contributed by atoms with van der Waals surface area (Å²) in [6.45, 7) is 6.90. The Balaban J connectivity index is 2.47. The van der Waals surface area contributed by atoms with Gasteiger partial charge < -0.3 is 5.32 Å². The van der Waals surface area contributed by atoms with Gasteiger partial charge in [-0.2, -0.15) is 0 Å². The maximum atomic E-state index is 12.0. The van der Waals surface area contributed by atoms with Gasteiger partial charge in [0.25, 0.3) is 0 Å². The smallest absolute Gasteiger partial charge is 0.176 e. The van der Waals surface area contributed by atoms with Crippen molar-refractivity contribution < 1.29 is 8.42 Å². The quantitative estimate of drug-likeness (QED) is 0.922. The molecule has 0 saturated carbocycles. The molecule has 5 heteroatoms. The SMILES string of the molecule is CCC(C)(C)NCc1cc(S(C)(=O)=O)c2ccccc2n1. The number of nitrogens with one attached hydrogen (secondary N) is 1. The second-order valence-electron chi connectivity index (χ2n) is 5.99. The summed E-state index contributed by atoms with van der Waals surface area (Å²) in [5.74, 6) is 0. The van der Waals surface area contributed by atoms with E-state index in [2.05, 4.69) is 31.1 Å². The van der Waals surface area contributed by atoms with Crippen molar-refractivity contribution in [3.63, 3.8) is 0 Å². The van der Waals surface area contributed by atoms with Gasteiger partial charge >= 0.3 is 0 Å². The molecule has 0 aliphatic heterocycles. The summed E-state index contributed by atoms with van der Waals surface area (Å²) in [5.41, 5.74) is 1.46. The molecule has 0 spiro atoms. The summed E-state index contributed by atoms with van der Waals surface area (Å²) in [6, 6.07) is 9.02. The van der Waals surface area contributed by atoms with Gasteiger partial charge in [-0.25, -0.2) is 8.42 Å². The average Bonchev–Trinajstić information content (AvgIpc) is 2.43. The fourth-order valence-electron chi connectivity index (χ4n) is 2.05. The predicted molar refractivity (Wildman–Crippen MR) is 86.1 cm³/mol. The number of para-hydroxylation sites is 1. The van der Waals surface area contributed by atoms with Gasteiger partial charge in [-0.3, -0.25) is 4.98 Å². The number of sulfone groups is 1. The normalized spacial score (nSPS) is 12.8. The number of hydrogen-bond donors (Lipinski definition) is 1. The van der Waals surface area contributed by atoms with Crippen LogP contribution >= 0.6 is 0 Å². The third kappa shape index (κ3) is 3.80. The number of pyridine rings is 1. The second kappa shape index (κ2) is 5.73. The zero-order chi connectivity index (χ0) is 15.7. The van der Waals surface area contributed by atoms with E-state index in [9.17, 15) is 8.42 Å². The summed E-state index contributed by atoms with van der Waals surface area (Å²) in [5, 5.41) is 4.09. The average molecular weight is 306 g/mol. The van der Waals surface area contributed by atoms with Gasteiger partial charge in [-0.15, -0.1) is 0 Å². The molecule has 1 N–H and O–H groups in total. The van der Waals surface area contributed by atoms with E-state index in [0.717, 1.165) is 12.1 Å². The van der Waals surface area contributed by atoms with Gasteiger partial charge in [0.15, 0.2) is 9.84 Å². The van der Waals surface area contributed by atoms with E-state index in [4.69, 9.17) is 0 Å². The Labute approximate surface area is 126 Å². The molecular formula is C16H22N2O2S. The molecule has 2 rings (SSSR count). The van der Waals surface area contributed by atoms with E-state index in [-0.39, 0.29) is 5.54 Å². The standard InChI is InChI=1S/C16H22N2O2S/c1-5-16(2,3)17-11-12-10-15(21(4,19)20)13-8-6-7-9-14(13)18-12/h6-10,17H,5,11H2,1-4H3. The number of aromatic nitrogens is 1. The van der Waals surface area contributed by atoms with Crippen LogP contribution in [0.1, 0.15) is 32.9 Å². The van der Waals surface area contributed by atoms with Crippen LogP contribution in [0.4, 0.5) is 0 Å². The molecular weight excluding hydrogens is 284 g/mol. The second-order valence-corrected chi connectivity index (χ2v) is 7.98. The van der Waals surface area contributed by atoms with Crippen LogP contribution in [0.3, 0.4) is 0 Å². The third-order valence-corrected chi connectivity index (χ3v) is 4.90. The molecule has 0 bridgehead atoms. The minimum atomic E-state index is -3.28. The molecule has 114 valence electrons. The van der Waals surface area contributed by atoms with Crippen LogP contribution in [0.25, 0.3) is 10.9 Å². The molecule has 0 aliphatic rings. The fraction of sp³-hybridized carbons (Fsp3) is 0.438. The van der Waals surface area contributed by atoms with Gasteiger partial charge in [-0.05, 0) is 32.4 Å². The third-order valence-electron chi connectivity index (χ3n) is 3.76. The molecule has 0 unspecified atom stereocenters. The molecule has 21 heavy (non-hydrogen) atoms. The maximum Gasteiger partial charge on any atom is 0.176 e. The van der Waals surface area contributed by atoms with Crippen molar-refractivity contribution in [3.05, 3.63) is 36.0 Å². The summed E-state index contributed by atoms with van der Waals surface area (Å²) >= 11 is 0.